The van der Waals surface area contributed by atoms with E-state index in [1.165, 1.54) is 0 Å². The van der Waals surface area contributed by atoms with Crippen molar-refractivity contribution in [2.45, 2.75) is 25.7 Å². The Kier molecular flexibility index (Phi) is 5.00. The number of benzene rings is 2. The van der Waals surface area contributed by atoms with Gasteiger partial charge in [0.05, 0.1) is 11.8 Å². The number of fused-ring (bicyclic) bond motifs is 1. The Balaban J connectivity index is 1.93. The first kappa shape index (κ1) is 17.4. The predicted molar refractivity (Wildman–Crippen MR) is 104 cm³/mol. The molecular weight excluding hydrogens is 332 g/mol. The Morgan fingerprint density at radius 2 is 1.92 bits per heavy atom. The fourth-order valence-electron chi connectivity index (χ4n) is 2.86. The topological polar surface area (TPSA) is 50.4 Å². The molecule has 0 atom stereocenters. The number of furan rings is 1. The second-order valence-electron chi connectivity index (χ2n) is 5.91. The van der Waals surface area contributed by atoms with Crippen LogP contribution in [0.2, 0.25) is 0 Å². The first-order chi connectivity index (χ1) is 12.0. The van der Waals surface area contributed by atoms with Crippen LogP contribution < -0.4 is 0 Å². The molecule has 0 saturated carbocycles. The van der Waals surface area contributed by atoms with E-state index in [4.69, 9.17) is 4.42 Å². The highest BCUT2D eigenvalue weighted by atomic mass is 32.2. The SMILES string of the molecule is CCSc1ccc(C(=O)/C=C/c2cc(C)c(O)c(C)c2)c2occc12. The summed E-state index contributed by atoms with van der Waals surface area (Å²) in [5.41, 5.74) is 3.66. The molecule has 0 spiro atoms. The van der Waals surface area contributed by atoms with Gasteiger partial charge in [-0.25, -0.2) is 0 Å². The minimum atomic E-state index is -0.101. The number of rotatable bonds is 5. The van der Waals surface area contributed by atoms with Crippen LogP contribution in [0, 0.1) is 13.8 Å². The van der Waals surface area contributed by atoms with E-state index in [1.807, 2.05) is 44.2 Å². The Labute approximate surface area is 151 Å². The Morgan fingerprint density at radius 1 is 1.20 bits per heavy atom. The molecule has 0 aliphatic carbocycles. The van der Waals surface area contributed by atoms with Gasteiger partial charge in [-0.2, -0.15) is 0 Å². The van der Waals surface area contributed by atoms with Gasteiger partial charge in [0.1, 0.15) is 11.3 Å². The highest BCUT2D eigenvalue weighted by Gasteiger charge is 2.13. The van der Waals surface area contributed by atoms with E-state index >= 15 is 0 Å². The maximum atomic E-state index is 12.6. The van der Waals surface area contributed by atoms with Crippen LogP contribution in [0.4, 0.5) is 0 Å². The van der Waals surface area contributed by atoms with E-state index in [1.54, 1.807) is 30.2 Å². The summed E-state index contributed by atoms with van der Waals surface area (Å²) < 4.78 is 5.56. The summed E-state index contributed by atoms with van der Waals surface area (Å²) in [6, 6.07) is 9.41. The molecule has 3 rings (SSSR count). The largest absolute Gasteiger partial charge is 0.507 e. The quantitative estimate of drug-likeness (QED) is 0.360. The first-order valence-corrected chi connectivity index (χ1v) is 9.15. The molecule has 0 aliphatic heterocycles. The number of carbonyl (C=O) groups is 1. The van der Waals surface area contributed by atoms with Gasteiger partial charge in [0.15, 0.2) is 5.78 Å². The predicted octanol–water partition coefficient (Wildman–Crippen LogP) is 5.76. The van der Waals surface area contributed by atoms with Gasteiger partial charge in [0, 0.05) is 10.3 Å². The Bertz CT molecular complexity index is 943. The van der Waals surface area contributed by atoms with Crippen LogP contribution in [-0.2, 0) is 0 Å². The highest BCUT2D eigenvalue weighted by molar-refractivity contribution is 7.99. The molecule has 0 amide bonds. The molecule has 3 aromatic rings. The normalized spacial score (nSPS) is 11.5. The summed E-state index contributed by atoms with van der Waals surface area (Å²) in [5.74, 6) is 1.16. The zero-order valence-corrected chi connectivity index (χ0v) is 15.3. The van der Waals surface area contributed by atoms with Gasteiger partial charge in [-0.05, 0) is 72.7 Å². The second kappa shape index (κ2) is 7.19. The number of aromatic hydroxyl groups is 1. The number of phenols is 1. The van der Waals surface area contributed by atoms with E-state index in [-0.39, 0.29) is 5.78 Å². The van der Waals surface area contributed by atoms with Gasteiger partial charge < -0.3 is 9.52 Å². The van der Waals surface area contributed by atoms with E-state index in [9.17, 15) is 9.90 Å². The van der Waals surface area contributed by atoms with Crippen LogP contribution in [0.15, 0.2) is 52.0 Å². The van der Waals surface area contributed by atoms with Crippen molar-refractivity contribution in [1.29, 1.82) is 0 Å². The molecule has 3 nitrogen and oxygen atoms in total. The molecule has 0 saturated heterocycles. The third-order valence-corrected chi connectivity index (χ3v) is 5.04. The Morgan fingerprint density at radius 3 is 2.60 bits per heavy atom. The lowest BCUT2D eigenvalue weighted by Crippen LogP contribution is -1.95. The maximum Gasteiger partial charge on any atom is 0.189 e. The minimum absolute atomic E-state index is 0.101. The number of carbonyl (C=O) groups excluding carboxylic acids is 1. The summed E-state index contributed by atoms with van der Waals surface area (Å²) in [6.45, 7) is 5.79. The summed E-state index contributed by atoms with van der Waals surface area (Å²) in [4.78, 5) is 13.8. The molecule has 0 radical (unpaired) electrons. The van der Waals surface area contributed by atoms with E-state index in [0.29, 0.717) is 16.9 Å². The van der Waals surface area contributed by atoms with Crippen LogP contribution >= 0.6 is 11.8 Å². The molecule has 0 unspecified atom stereocenters. The van der Waals surface area contributed by atoms with Crippen molar-refractivity contribution in [3.63, 3.8) is 0 Å². The minimum Gasteiger partial charge on any atom is -0.507 e. The van der Waals surface area contributed by atoms with Crippen molar-refractivity contribution >= 4 is 34.6 Å². The van der Waals surface area contributed by atoms with Crippen molar-refractivity contribution in [3.8, 4) is 5.75 Å². The molecule has 0 aliphatic rings. The lowest BCUT2D eigenvalue weighted by Gasteiger charge is -2.05. The molecule has 0 fully saturated rings. The van der Waals surface area contributed by atoms with Crippen LogP contribution in [-0.4, -0.2) is 16.6 Å². The van der Waals surface area contributed by atoms with Gasteiger partial charge in [-0.1, -0.05) is 13.0 Å². The lowest BCUT2D eigenvalue weighted by atomic mass is 10.0. The summed E-state index contributed by atoms with van der Waals surface area (Å²) in [7, 11) is 0. The molecule has 1 aromatic heterocycles. The number of hydrogen-bond donors (Lipinski definition) is 1. The highest BCUT2D eigenvalue weighted by Crippen LogP contribution is 2.31. The fourth-order valence-corrected chi connectivity index (χ4v) is 3.65. The van der Waals surface area contributed by atoms with E-state index in [0.717, 1.165) is 32.7 Å². The fraction of sp³-hybridized carbons (Fsp3) is 0.190. The molecule has 0 bridgehead atoms. The first-order valence-electron chi connectivity index (χ1n) is 8.17. The smallest absolute Gasteiger partial charge is 0.189 e. The molecule has 128 valence electrons. The van der Waals surface area contributed by atoms with Gasteiger partial charge in [0.25, 0.3) is 0 Å². The van der Waals surface area contributed by atoms with Crippen molar-refractivity contribution in [1.82, 2.24) is 0 Å². The average Bonchev–Trinajstić information content (AvgIpc) is 3.08. The monoisotopic (exact) mass is 352 g/mol. The summed E-state index contributed by atoms with van der Waals surface area (Å²) >= 11 is 1.73. The molecule has 2 aromatic carbocycles. The van der Waals surface area contributed by atoms with Crippen molar-refractivity contribution in [2.75, 3.05) is 5.75 Å². The van der Waals surface area contributed by atoms with Gasteiger partial charge in [-0.15, -0.1) is 11.8 Å². The van der Waals surface area contributed by atoms with Gasteiger partial charge in [0.2, 0.25) is 0 Å². The number of phenolic OH excluding ortho intramolecular Hbond substituents is 1. The van der Waals surface area contributed by atoms with Crippen molar-refractivity contribution in [3.05, 3.63) is 64.9 Å². The zero-order chi connectivity index (χ0) is 18.0. The third-order valence-electron chi connectivity index (χ3n) is 4.08. The number of ketones is 1. The number of allylic oxidation sites excluding steroid dienone is 1. The molecule has 4 heteroatoms. The van der Waals surface area contributed by atoms with E-state index in [2.05, 4.69) is 6.92 Å². The molecule has 1 N–H and O–H groups in total. The van der Waals surface area contributed by atoms with Gasteiger partial charge >= 0.3 is 0 Å². The van der Waals surface area contributed by atoms with Crippen LogP contribution in [0.1, 0.15) is 34.0 Å². The number of thioether (sulfide) groups is 1. The second-order valence-corrected chi connectivity index (χ2v) is 7.21. The molecular formula is C21H20O3S. The molecule has 25 heavy (non-hydrogen) atoms. The summed E-state index contributed by atoms with van der Waals surface area (Å²) in [5, 5.41) is 10.8. The number of hydrogen-bond acceptors (Lipinski definition) is 4. The van der Waals surface area contributed by atoms with Crippen molar-refractivity contribution < 1.29 is 14.3 Å². The number of aryl methyl sites for hydroxylation is 2. The average molecular weight is 352 g/mol. The van der Waals surface area contributed by atoms with Crippen molar-refractivity contribution in [2.24, 2.45) is 0 Å². The zero-order valence-electron chi connectivity index (χ0n) is 14.5. The lowest BCUT2D eigenvalue weighted by molar-refractivity contribution is 0.104. The third kappa shape index (κ3) is 3.49. The Hall–Kier alpha value is -2.46. The van der Waals surface area contributed by atoms with Crippen LogP contribution in [0.5, 0.6) is 5.75 Å². The van der Waals surface area contributed by atoms with E-state index < -0.39 is 0 Å². The van der Waals surface area contributed by atoms with Crippen LogP contribution in [0.25, 0.3) is 17.0 Å². The maximum absolute atomic E-state index is 12.6. The van der Waals surface area contributed by atoms with Crippen LogP contribution in [0.3, 0.4) is 0 Å². The summed E-state index contributed by atoms with van der Waals surface area (Å²) in [6.07, 6.45) is 4.94. The molecule has 1 heterocycles. The standard InChI is InChI=1S/C21H20O3S/c1-4-25-19-8-6-16(21-17(19)9-10-24-21)18(22)7-5-15-11-13(2)20(23)14(3)12-15/h5-12,23H,4H2,1-3H3/b7-5+. The van der Waals surface area contributed by atoms with Gasteiger partial charge in [-0.3, -0.25) is 4.79 Å².